The van der Waals surface area contributed by atoms with Crippen molar-refractivity contribution in [3.63, 3.8) is 0 Å². The normalized spacial score (nSPS) is 13.8. The summed E-state index contributed by atoms with van der Waals surface area (Å²) >= 11 is 0. The molecule has 0 bridgehead atoms. The van der Waals surface area contributed by atoms with Crippen LogP contribution in [-0.4, -0.2) is 32.9 Å². The number of rotatable bonds is 6. The van der Waals surface area contributed by atoms with Crippen molar-refractivity contribution >= 4 is 21.4 Å². The van der Waals surface area contributed by atoms with E-state index in [0.717, 1.165) is 12.1 Å². The average molecular weight is 299 g/mol. The highest BCUT2D eigenvalue weighted by Crippen LogP contribution is 2.25. The predicted molar refractivity (Wildman–Crippen MR) is 84.3 cm³/mol. The summed E-state index contributed by atoms with van der Waals surface area (Å²) in [5, 5.41) is 3.32. The number of sulfonamides is 1. The molecule has 0 aromatic heterocycles. The molecule has 0 aliphatic carbocycles. The van der Waals surface area contributed by atoms with Crippen molar-refractivity contribution in [2.45, 2.75) is 38.1 Å². The van der Waals surface area contributed by atoms with Crippen molar-refractivity contribution < 1.29 is 8.42 Å². The van der Waals surface area contributed by atoms with E-state index < -0.39 is 10.0 Å². The Bertz CT molecular complexity index is 554. The smallest absolute Gasteiger partial charge is 0.242 e. The van der Waals surface area contributed by atoms with E-state index in [4.69, 9.17) is 5.73 Å². The lowest BCUT2D eigenvalue weighted by atomic mass is 10.0. The standard InChI is InChI=1S/C14H25N3O2S/c1-10(2)8-11(3)16-14-7-6-12(9-13(14)15)20(18,19)17(4)5/h6-7,9-11,16H,8,15H2,1-5H3. The monoisotopic (exact) mass is 299 g/mol. The average Bonchev–Trinajstić information content (AvgIpc) is 2.30. The van der Waals surface area contributed by atoms with Gasteiger partial charge in [-0.25, -0.2) is 12.7 Å². The Labute approximate surface area is 122 Å². The molecule has 0 aliphatic rings. The molecule has 0 saturated carbocycles. The first-order chi connectivity index (χ1) is 9.14. The summed E-state index contributed by atoms with van der Waals surface area (Å²) in [6.45, 7) is 6.41. The lowest BCUT2D eigenvalue weighted by Gasteiger charge is -2.19. The zero-order valence-corrected chi connectivity index (χ0v) is 13.7. The number of nitrogens with two attached hydrogens (primary N) is 1. The maximum atomic E-state index is 12.0. The summed E-state index contributed by atoms with van der Waals surface area (Å²) in [6, 6.07) is 5.09. The van der Waals surface area contributed by atoms with E-state index in [1.54, 1.807) is 12.1 Å². The molecule has 0 saturated heterocycles. The van der Waals surface area contributed by atoms with Crippen LogP contribution in [0.25, 0.3) is 0 Å². The second kappa shape index (κ2) is 6.45. The number of nitrogens with one attached hydrogen (secondary N) is 1. The van der Waals surface area contributed by atoms with Crippen LogP contribution in [0.4, 0.5) is 11.4 Å². The topological polar surface area (TPSA) is 75.4 Å². The highest BCUT2D eigenvalue weighted by molar-refractivity contribution is 7.89. The van der Waals surface area contributed by atoms with Crippen LogP contribution in [0.2, 0.25) is 0 Å². The maximum Gasteiger partial charge on any atom is 0.242 e. The van der Waals surface area contributed by atoms with Crippen LogP contribution in [0, 0.1) is 5.92 Å². The number of hydrogen-bond acceptors (Lipinski definition) is 4. The molecule has 1 aromatic rings. The summed E-state index contributed by atoms with van der Waals surface area (Å²) in [5.74, 6) is 0.590. The molecule has 5 nitrogen and oxygen atoms in total. The summed E-state index contributed by atoms with van der Waals surface area (Å²) in [7, 11) is -0.433. The SMILES string of the molecule is CC(C)CC(C)Nc1ccc(S(=O)(=O)N(C)C)cc1N. The molecule has 0 radical (unpaired) electrons. The Balaban J connectivity index is 2.95. The number of hydrogen-bond donors (Lipinski definition) is 2. The lowest BCUT2D eigenvalue weighted by molar-refractivity contribution is 0.521. The summed E-state index contributed by atoms with van der Waals surface area (Å²) in [6.07, 6.45) is 1.02. The van der Waals surface area contributed by atoms with Gasteiger partial charge in [0.1, 0.15) is 0 Å². The van der Waals surface area contributed by atoms with Gasteiger partial charge in [0.15, 0.2) is 0 Å². The molecule has 0 amide bonds. The van der Waals surface area contributed by atoms with Crippen LogP contribution in [0.5, 0.6) is 0 Å². The minimum Gasteiger partial charge on any atom is -0.397 e. The van der Waals surface area contributed by atoms with Crippen LogP contribution in [0.3, 0.4) is 0 Å². The third kappa shape index (κ3) is 4.11. The minimum absolute atomic E-state index is 0.210. The zero-order valence-electron chi connectivity index (χ0n) is 12.8. The highest BCUT2D eigenvalue weighted by Gasteiger charge is 2.18. The van der Waals surface area contributed by atoms with Gasteiger partial charge in [-0.1, -0.05) is 13.8 Å². The van der Waals surface area contributed by atoms with Gasteiger partial charge in [-0.15, -0.1) is 0 Å². The molecular weight excluding hydrogens is 274 g/mol. The van der Waals surface area contributed by atoms with Crippen molar-refractivity contribution in [2.24, 2.45) is 5.92 Å². The fourth-order valence-electron chi connectivity index (χ4n) is 2.08. The van der Waals surface area contributed by atoms with Gasteiger partial charge < -0.3 is 11.1 Å². The second-order valence-corrected chi connectivity index (χ2v) is 7.86. The van der Waals surface area contributed by atoms with Gasteiger partial charge in [-0.3, -0.25) is 0 Å². The first-order valence-electron chi connectivity index (χ1n) is 6.73. The number of benzene rings is 1. The van der Waals surface area contributed by atoms with Crippen LogP contribution in [0.15, 0.2) is 23.1 Å². The molecule has 3 N–H and O–H groups in total. The summed E-state index contributed by atoms with van der Waals surface area (Å²) in [5.41, 5.74) is 7.17. The largest absolute Gasteiger partial charge is 0.397 e. The number of nitrogens with zero attached hydrogens (tertiary/aromatic N) is 1. The van der Waals surface area contributed by atoms with Gasteiger partial charge in [-0.2, -0.15) is 0 Å². The van der Waals surface area contributed by atoms with Crippen molar-refractivity contribution in [1.29, 1.82) is 0 Å². The third-order valence-electron chi connectivity index (χ3n) is 3.03. The van der Waals surface area contributed by atoms with Gasteiger partial charge in [0, 0.05) is 20.1 Å². The quantitative estimate of drug-likeness (QED) is 0.791. The fourth-order valence-corrected chi connectivity index (χ4v) is 3.01. The molecule has 1 rings (SSSR count). The van der Waals surface area contributed by atoms with Crippen LogP contribution in [-0.2, 0) is 10.0 Å². The van der Waals surface area contributed by atoms with Crippen molar-refractivity contribution in [3.05, 3.63) is 18.2 Å². The molecule has 0 fully saturated rings. The maximum absolute atomic E-state index is 12.0. The fraction of sp³-hybridized carbons (Fsp3) is 0.571. The predicted octanol–water partition coefficient (Wildman–Crippen LogP) is 2.37. The number of anilines is 2. The van der Waals surface area contributed by atoms with Gasteiger partial charge in [0.2, 0.25) is 10.0 Å². The minimum atomic E-state index is -3.44. The molecule has 0 spiro atoms. The van der Waals surface area contributed by atoms with E-state index in [2.05, 4.69) is 26.1 Å². The van der Waals surface area contributed by atoms with Crippen molar-refractivity contribution in [3.8, 4) is 0 Å². The molecule has 114 valence electrons. The van der Waals surface area contributed by atoms with Crippen LogP contribution < -0.4 is 11.1 Å². The van der Waals surface area contributed by atoms with Gasteiger partial charge in [0.05, 0.1) is 16.3 Å². The Kier molecular flexibility index (Phi) is 5.42. The Morgan fingerprint density at radius 3 is 2.30 bits per heavy atom. The molecular formula is C14H25N3O2S. The Hall–Kier alpha value is -1.27. The molecule has 6 heteroatoms. The van der Waals surface area contributed by atoms with Crippen LogP contribution in [0.1, 0.15) is 27.2 Å². The van der Waals surface area contributed by atoms with E-state index in [1.165, 1.54) is 24.5 Å². The van der Waals surface area contributed by atoms with E-state index >= 15 is 0 Å². The highest BCUT2D eigenvalue weighted by atomic mass is 32.2. The van der Waals surface area contributed by atoms with Crippen molar-refractivity contribution in [1.82, 2.24) is 4.31 Å². The van der Waals surface area contributed by atoms with E-state index in [-0.39, 0.29) is 10.9 Å². The van der Waals surface area contributed by atoms with Gasteiger partial charge in [-0.05, 0) is 37.5 Å². The lowest BCUT2D eigenvalue weighted by Crippen LogP contribution is -2.23. The Morgan fingerprint density at radius 1 is 1.25 bits per heavy atom. The molecule has 1 aromatic carbocycles. The van der Waals surface area contributed by atoms with E-state index in [1.807, 2.05) is 0 Å². The van der Waals surface area contributed by atoms with Gasteiger partial charge >= 0.3 is 0 Å². The Morgan fingerprint density at radius 2 is 1.85 bits per heavy atom. The van der Waals surface area contributed by atoms with Crippen LogP contribution >= 0.6 is 0 Å². The number of nitrogen functional groups attached to an aromatic ring is 1. The first-order valence-corrected chi connectivity index (χ1v) is 8.17. The molecule has 0 aliphatic heterocycles. The molecule has 0 heterocycles. The van der Waals surface area contributed by atoms with Crippen molar-refractivity contribution in [2.75, 3.05) is 25.1 Å². The third-order valence-corrected chi connectivity index (χ3v) is 4.84. The summed E-state index contributed by atoms with van der Waals surface area (Å²) in [4.78, 5) is 0.210. The first kappa shape index (κ1) is 16.8. The van der Waals surface area contributed by atoms with Gasteiger partial charge in [0.25, 0.3) is 0 Å². The zero-order chi connectivity index (χ0) is 15.5. The van der Waals surface area contributed by atoms with E-state index in [9.17, 15) is 8.42 Å². The van der Waals surface area contributed by atoms with E-state index in [0.29, 0.717) is 11.6 Å². The summed E-state index contributed by atoms with van der Waals surface area (Å²) < 4.78 is 25.2. The molecule has 1 atom stereocenters. The second-order valence-electron chi connectivity index (χ2n) is 5.71. The molecule has 20 heavy (non-hydrogen) atoms. The molecule has 1 unspecified atom stereocenters.